The van der Waals surface area contributed by atoms with Crippen molar-refractivity contribution < 1.29 is 0 Å². The molecule has 9 heavy (non-hydrogen) atoms. The summed E-state index contributed by atoms with van der Waals surface area (Å²) >= 11 is 3.26. The van der Waals surface area contributed by atoms with Crippen LogP contribution in [-0.4, -0.2) is 30.3 Å². The van der Waals surface area contributed by atoms with E-state index >= 15 is 0 Å². The number of thioether (sulfide) groups is 2. The third-order valence-corrected chi connectivity index (χ3v) is 2.54. The summed E-state index contributed by atoms with van der Waals surface area (Å²) in [6.45, 7) is 0. The molecule has 0 aromatic heterocycles. The fourth-order valence-electron chi connectivity index (χ4n) is 0.294. The number of nitrogens with zero attached hydrogens (tertiary/aromatic N) is 2. The van der Waals surface area contributed by atoms with E-state index < -0.39 is 0 Å². The van der Waals surface area contributed by atoms with Gasteiger partial charge in [0, 0.05) is 7.05 Å². The van der Waals surface area contributed by atoms with Crippen LogP contribution in [-0.2, 0) is 0 Å². The average Bonchev–Trinajstić information content (AvgIpc) is 1.91. The van der Waals surface area contributed by atoms with E-state index in [-0.39, 0.29) is 0 Å². The van der Waals surface area contributed by atoms with Crippen LogP contribution >= 0.6 is 23.5 Å². The number of hydrogen-bond donors (Lipinski definition) is 0. The van der Waals surface area contributed by atoms with Crippen molar-refractivity contribution in [1.29, 1.82) is 0 Å². The van der Waals surface area contributed by atoms with Crippen LogP contribution in [0.2, 0.25) is 0 Å². The predicted octanol–water partition coefficient (Wildman–Crippen LogP) is 1.73. The highest BCUT2D eigenvalue weighted by Crippen LogP contribution is 2.09. The molecule has 0 spiro atoms. The Labute approximate surface area is 64.2 Å². The summed E-state index contributed by atoms with van der Waals surface area (Å²) in [6, 6.07) is 0. The van der Waals surface area contributed by atoms with Gasteiger partial charge in [0.1, 0.15) is 10.7 Å². The molecule has 0 aromatic rings. The highest BCUT2D eigenvalue weighted by molar-refractivity contribution is 8.38. The molecule has 0 radical (unpaired) electrons. The van der Waals surface area contributed by atoms with Crippen molar-refractivity contribution in [2.24, 2.45) is 9.98 Å². The van der Waals surface area contributed by atoms with Crippen LogP contribution < -0.4 is 0 Å². The Morgan fingerprint density at radius 2 is 1.89 bits per heavy atom. The first-order valence-electron chi connectivity index (χ1n) is 2.41. The standard InChI is InChI=1S/C5H10N2S2/c1-6-4-7-5(8-2)9-3/h4H,1-3H3. The van der Waals surface area contributed by atoms with Gasteiger partial charge in [0.15, 0.2) is 0 Å². The highest BCUT2D eigenvalue weighted by atomic mass is 32.2. The van der Waals surface area contributed by atoms with Crippen LogP contribution in [0.25, 0.3) is 0 Å². The fraction of sp³-hybridized carbons (Fsp3) is 0.600. The lowest BCUT2D eigenvalue weighted by atomic mass is 11.2. The van der Waals surface area contributed by atoms with E-state index in [0.717, 1.165) is 4.38 Å². The Kier molecular flexibility index (Phi) is 6.19. The molecule has 0 aliphatic carbocycles. The maximum absolute atomic E-state index is 4.03. The molecule has 0 saturated carbocycles. The van der Waals surface area contributed by atoms with Crippen molar-refractivity contribution in [1.82, 2.24) is 0 Å². The summed E-state index contributed by atoms with van der Waals surface area (Å²) in [7, 11) is 1.71. The quantitative estimate of drug-likeness (QED) is 0.433. The molecule has 0 bridgehead atoms. The molecule has 0 rings (SSSR count). The van der Waals surface area contributed by atoms with E-state index in [9.17, 15) is 0 Å². The molecule has 0 aromatic carbocycles. The summed E-state index contributed by atoms with van der Waals surface area (Å²) in [6.07, 6.45) is 5.56. The Morgan fingerprint density at radius 1 is 1.33 bits per heavy atom. The van der Waals surface area contributed by atoms with Crippen molar-refractivity contribution >= 4 is 34.2 Å². The molecular formula is C5H10N2S2. The minimum absolute atomic E-state index is 1.04. The lowest BCUT2D eigenvalue weighted by Crippen LogP contribution is -1.81. The fourth-order valence-corrected chi connectivity index (χ4v) is 1.27. The van der Waals surface area contributed by atoms with E-state index in [4.69, 9.17) is 0 Å². The molecule has 0 aliphatic rings. The van der Waals surface area contributed by atoms with Crippen molar-refractivity contribution in [2.45, 2.75) is 0 Å². The van der Waals surface area contributed by atoms with Gasteiger partial charge < -0.3 is 0 Å². The van der Waals surface area contributed by atoms with Gasteiger partial charge in [-0.25, -0.2) is 4.99 Å². The third kappa shape index (κ3) is 4.54. The van der Waals surface area contributed by atoms with Gasteiger partial charge in [-0.2, -0.15) is 0 Å². The molecule has 2 nitrogen and oxygen atoms in total. The smallest absolute Gasteiger partial charge is 0.131 e. The van der Waals surface area contributed by atoms with Crippen LogP contribution in [0.4, 0.5) is 0 Å². The Balaban J connectivity index is 3.75. The summed E-state index contributed by atoms with van der Waals surface area (Å²) in [5.74, 6) is 0. The van der Waals surface area contributed by atoms with Crippen molar-refractivity contribution in [3.63, 3.8) is 0 Å². The van der Waals surface area contributed by atoms with Gasteiger partial charge in [-0.3, -0.25) is 4.99 Å². The summed E-state index contributed by atoms with van der Waals surface area (Å²) in [5.41, 5.74) is 0. The zero-order chi connectivity index (χ0) is 7.11. The van der Waals surface area contributed by atoms with E-state index in [0.29, 0.717) is 0 Å². The number of aliphatic imine (C=N–C) groups is 2. The second-order valence-electron chi connectivity index (χ2n) is 1.18. The SMILES string of the molecule is CN=CN=C(SC)SC. The average molecular weight is 162 g/mol. The van der Waals surface area contributed by atoms with E-state index in [1.165, 1.54) is 0 Å². The monoisotopic (exact) mass is 162 g/mol. The first kappa shape index (κ1) is 9.04. The van der Waals surface area contributed by atoms with E-state index in [1.54, 1.807) is 36.9 Å². The molecule has 0 unspecified atom stereocenters. The molecule has 4 heteroatoms. The summed E-state index contributed by atoms with van der Waals surface area (Å²) in [5, 5.41) is 0. The molecule has 52 valence electrons. The first-order valence-corrected chi connectivity index (χ1v) is 4.86. The minimum atomic E-state index is 1.04. The normalized spacial score (nSPS) is 10.1. The summed E-state index contributed by atoms with van der Waals surface area (Å²) < 4.78 is 1.04. The number of rotatable bonds is 1. The van der Waals surface area contributed by atoms with E-state index in [1.807, 2.05) is 12.5 Å². The molecule has 0 fully saturated rings. The van der Waals surface area contributed by atoms with Crippen LogP contribution in [0, 0.1) is 0 Å². The Hall–Kier alpha value is 0.0400. The van der Waals surface area contributed by atoms with Crippen LogP contribution in [0.15, 0.2) is 9.98 Å². The van der Waals surface area contributed by atoms with Crippen molar-refractivity contribution in [3.8, 4) is 0 Å². The van der Waals surface area contributed by atoms with Crippen molar-refractivity contribution in [2.75, 3.05) is 19.6 Å². The van der Waals surface area contributed by atoms with Gasteiger partial charge in [-0.1, -0.05) is 0 Å². The molecular weight excluding hydrogens is 152 g/mol. The second kappa shape index (κ2) is 6.16. The Morgan fingerprint density at radius 3 is 2.22 bits per heavy atom. The molecule has 0 atom stereocenters. The largest absolute Gasteiger partial charge is 0.277 e. The van der Waals surface area contributed by atoms with E-state index in [2.05, 4.69) is 9.98 Å². The van der Waals surface area contributed by atoms with Gasteiger partial charge in [0.05, 0.1) is 0 Å². The van der Waals surface area contributed by atoms with Crippen LogP contribution in [0.1, 0.15) is 0 Å². The lowest BCUT2D eigenvalue weighted by Gasteiger charge is -1.91. The highest BCUT2D eigenvalue weighted by Gasteiger charge is 1.88. The zero-order valence-electron chi connectivity index (χ0n) is 5.79. The van der Waals surface area contributed by atoms with Gasteiger partial charge >= 0.3 is 0 Å². The van der Waals surface area contributed by atoms with Gasteiger partial charge in [-0.05, 0) is 12.5 Å². The van der Waals surface area contributed by atoms with Crippen LogP contribution in [0.5, 0.6) is 0 Å². The van der Waals surface area contributed by atoms with Gasteiger partial charge in [0.25, 0.3) is 0 Å². The van der Waals surface area contributed by atoms with Gasteiger partial charge in [-0.15, -0.1) is 23.5 Å². The maximum atomic E-state index is 4.03. The number of hydrogen-bond acceptors (Lipinski definition) is 3. The first-order chi connectivity index (χ1) is 4.35. The lowest BCUT2D eigenvalue weighted by molar-refractivity contribution is 1.45. The predicted molar refractivity (Wildman–Crippen MR) is 48.9 cm³/mol. The topological polar surface area (TPSA) is 24.7 Å². The molecule has 0 aliphatic heterocycles. The molecule has 0 saturated heterocycles. The molecule has 0 heterocycles. The van der Waals surface area contributed by atoms with Crippen molar-refractivity contribution in [3.05, 3.63) is 0 Å². The zero-order valence-corrected chi connectivity index (χ0v) is 7.42. The second-order valence-corrected chi connectivity index (χ2v) is 3.03. The molecule has 0 amide bonds. The van der Waals surface area contributed by atoms with Crippen LogP contribution in [0.3, 0.4) is 0 Å². The summed E-state index contributed by atoms with van der Waals surface area (Å²) in [4.78, 5) is 7.76. The molecule has 0 N–H and O–H groups in total. The minimum Gasteiger partial charge on any atom is -0.277 e. The third-order valence-electron chi connectivity index (χ3n) is 0.628. The Bertz CT molecular complexity index is 114. The maximum Gasteiger partial charge on any atom is 0.131 e. The van der Waals surface area contributed by atoms with Gasteiger partial charge in [0.2, 0.25) is 0 Å².